The number of rotatable bonds is 3. The number of allylic oxidation sites excluding steroid dienone is 1. The van der Waals surface area contributed by atoms with E-state index in [1.165, 1.54) is 6.08 Å². The summed E-state index contributed by atoms with van der Waals surface area (Å²) in [7, 11) is 0. The minimum atomic E-state index is -0.0974. The zero-order valence-electron chi connectivity index (χ0n) is 7.21. The maximum Gasteiger partial charge on any atom is 0.243 e. The van der Waals surface area contributed by atoms with Crippen LogP contribution in [0, 0.1) is 0 Å². The van der Waals surface area contributed by atoms with Gasteiger partial charge in [-0.05, 0) is 35.0 Å². The van der Waals surface area contributed by atoms with Crippen LogP contribution in [0.5, 0.6) is 0 Å². The van der Waals surface area contributed by atoms with Crippen molar-refractivity contribution in [3.63, 3.8) is 0 Å². The molecule has 4 heteroatoms. The summed E-state index contributed by atoms with van der Waals surface area (Å²) < 4.78 is 5.67. The molecule has 1 rings (SSSR count). The minimum absolute atomic E-state index is 0.0974. The molecule has 1 heterocycles. The second kappa shape index (κ2) is 4.87. The van der Waals surface area contributed by atoms with Gasteiger partial charge in [-0.3, -0.25) is 4.79 Å². The highest BCUT2D eigenvalue weighted by Gasteiger charge is 1.99. The second-order valence-electron chi connectivity index (χ2n) is 2.48. The van der Waals surface area contributed by atoms with Crippen LogP contribution in [0.4, 0.5) is 0 Å². The van der Waals surface area contributed by atoms with Crippen LogP contribution < -0.4 is 5.32 Å². The van der Waals surface area contributed by atoms with E-state index in [1.807, 2.05) is 6.07 Å². The van der Waals surface area contributed by atoms with Crippen molar-refractivity contribution >= 4 is 21.8 Å². The lowest BCUT2D eigenvalue weighted by Crippen LogP contribution is -2.19. The molecule has 0 bridgehead atoms. The van der Waals surface area contributed by atoms with Gasteiger partial charge in [0.15, 0.2) is 4.67 Å². The van der Waals surface area contributed by atoms with E-state index in [0.29, 0.717) is 11.2 Å². The SMILES string of the molecule is C/C=C/C(=O)NCc1coc(Br)c1. The number of hydrogen-bond donors (Lipinski definition) is 1. The number of hydrogen-bond acceptors (Lipinski definition) is 2. The van der Waals surface area contributed by atoms with Gasteiger partial charge in [0.25, 0.3) is 0 Å². The molecule has 3 nitrogen and oxygen atoms in total. The molecule has 1 amide bonds. The Balaban J connectivity index is 2.39. The summed E-state index contributed by atoms with van der Waals surface area (Å²) in [5.41, 5.74) is 0.935. The highest BCUT2D eigenvalue weighted by molar-refractivity contribution is 9.10. The summed E-state index contributed by atoms with van der Waals surface area (Å²) in [5, 5.41) is 2.71. The maximum atomic E-state index is 11.0. The Labute approximate surface area is 84.9 Å². The Hall–Kier alpha value is -1.03. The van der Waals surface area contributed by atoms with Crippen LogP contribution in [-0.4, -0.2) is 5.91 Å². The average Bonchev–Trinajstić information content (AvgIpc) is 2.49. The first-order valence-electron chi connectivity index (χ1n) is 3.86. The highest BCUT2D eigenvalue weighted by Crippen LogP contribution is 2.13. The van der Waals surface area contributed by atoms with E-state index in [2.05, 4.69) is 21.2 Å². The van der Waals surface area contributed by atoms with E-state index >= 15 is 0 Å². The van der Waals surface area contributed by atoms with E-state index in [9.17, 15) is 4.79 Å². The van der Waals surface area contributed by atoms with Gasteiger partial charge in [-0.2, -0.15) is 0 Å². The third-order valence-electron chi connectivity index (χ3n) is 1.41. The molecule has 1 aromatic heterocycles. The first kappa shape index (κ1) is 10.1. The zero-order valence-corrected chi connectivity index (χ0v) is 8.80. The van der Waals surface area contributed by atoms with E-state index < -0.39 is 0 Å². The molecule has 0 atom stereocenters. The van der Waals surface area contributed by atoms with Crippen LogP contribution in [-0.2, 0) is 11.3 Å². The van der Waals surface area contributed by atoms with E-state index in [1.54, 1.807) is 19.3 Å². The van der Waals surface area contributed by atoms with E-state index in [4.69, 9.17) is 4.42 Å². The summed E-state index contributed by atoms with van der Waals surface area (Å²) in [6.45, 7) is 2.28. The van der Waals surface area contributed by atoms with E-state index in [0.717, 1.165) is 5.56 Å². The maximum absolute atomic E-state index is 11.0. The summed E-state index contributed by atoms with van der Waals surface area (Å²) in [6.07, 6.45) is 4.77. The first-order chi connectivity index (χ1) is 6.22. The average molecular weight is 244 g/mol. The molecule has 0 saturated heterocycles. The third kappa shape index (κ3) is 3.46. The molecule has 13 heavy (non-hydrogen) atoms. The van der Waals surface area contributed by atoms with Crippen molar-refractivity contribution in [2.45, 2.75) is 13.5 Å². The summed E-state index contributed by atoms with van der Waals surface area (Å²) in [5.74, 6) is -0.0974. The predicted octanol–water partition coefficient (Wildman–Crippen LogP) is 2.23. The molecule has 0 aromatic carbocycles. The van der Waals surface area contributed by atoms with Crippen LogP contribution >= 0.6 is 15.9 Å². The number of carbonyl (C=O) groups excluding carboxylic acids is 1. The molecular weight excluding hydrogens is 234 g/mol. The van der Waals surface area contributed by atoms with Gasteiger partial charge in [-0.1, -0.05) is 6.08 Å². The Kier molecular flexibility index (Phi) is 3.76. The van der Waals surface area contributed by atoms with Gasteiger partial charge in [0.1, 0.15) is 0 Å². The fourth-order valence-electron chi connectivity index (χ4n) is 0.838. The molecule has 1 N–H and O–H groups in total. The van der Waals surface area contributed by atoms with Crippen LogP contribution in [0.2, 0.25) is 0 Å². The summed E-state index contributed by atoms with van der Waals surface area (Å²) >= 11 is 3.18. The largest absolute Gasteiger partial charge is 0.457 e. The molecule has 0 aliphatic heterocycles. The summed E-state index contributed by atoms with van der Waals surface area (Å²) in [4.78, 5) is 11.0. The molecule has 1 aromatic rings. The topological polar surface area (TPSA) is 42.2 Å². The zero-order chi connectivity index (χ0) is 9.68. The lowest BCUT2D eigenvalue weighted by molar-refractivity contribution is -0.116. The number of halogens is 1. The van der Waals surface area contributed by atoms with Crippen molar-refractivity contribution < 1.29 is 9.21 Å². The number of carbonyl (C=O) groups is 1. The molecule has 0 unspecified atom stereocenters. The molecule has 0 radical (unpaired) electrons. The van der Waals surface area contributed by atoms with Crippen molar-refractivity contribution in [3.05, 3.63) is 34.7 Å². The molecule has 0 aliphatic rings. The van der Waals surface area contributed by atoms with Crippen molar-refractivity contribution in [2.75, 3.05) is 0 Å². The fraction of sp³-hybridized carbons (Fsp3) is 0.222. The molecule has 0 fully saturated rings. The predicted molar refractivity (Wildman–Crippen MR) is 53.1 cm³/mol. The molecular formula is C9H10BrNO2. The lowest BCUT2D eigenvalue weighted by atomic mass is 10.3. The molecule has 0 aliphatic carbocycles. The normalized spacial score (nSPS) is 10.6. The van der Waals surface area contributed by atoms with Crippen LogP contribution in [0.15, 0.2) is 33.6 Å². The Morgan fingerprint density at radius 1 is 1.77 bits per heavy atom. The smallest absolute Gasteiger partial charge is 0.243 e. The monoisotopic (exact) mass is 243 g/mol. The first-order valence-corrected chi connectivity index (χ1v) is 4.65. The van der Waals surface area contributed by atoms with Crippen molar-refractivity contribution in [2.24, 2.45) is 0 Å². The van der Waals surface area contributed by atoms with Crippen molar-refractivity contribution in [3.8, 4) is 0 Å². The van der Waals surface area contributed by atoms with Gasteiger partial charge in [-0.15, -0.1) is 0 Å². The van der Waals surface area contributed by atoms with Gasteiger partial charge in [0.05, 0.1) is 6.26 Å². The van der Waals surface area contributed by atoms with Gasteiger partial charge in [-0.25, -0.2) is 0 Å². The Bertz CT molecular complexity index is 317. The number of nitrogens with one attached hydrogen (secondary N) is 1. The van der Waals surface area contributed by atoms with Crippen LogP contribution in [0.1, 0.15) is 12.5 Å². The second-order valence-corrected chi connectivity index (χ2v) is 3.26. The van der Waals surface area contributed by atoms with Gasteiger partial charge in [0, 0.05) is 12.1 Å². The van der Waals surface area contributed by atoms with E-state index in [-0.39, 0.29) is 5.91 Å². The van der Waals surface area contributed by atoms with Crippen molar-refractivity contribution in [1.29, 1.82) is 0 Å². The van der Waals surface area contributed by atoms with Crippen molar-refractivity contribution in [1.82, 2.24) is 5.32 Å². The Morgan fingerprint density at radius 2 is 2.54 bits per heavy atom. The lowest BCUT2D eigenvalue weighted by Gasteiger charge is -1.97. The fourth-order valence-corrected chi connectivity index (χ4v) is 1.23. The van der Waals surface area contributed by atoms with Crippen LogP contribution in [0.25, 0.3) is 0 Å². The quantitative estimate of drug-likeness (QED) is 0.828. The van der Waals surface area contributed by atoms with Crippen LogP contribution in [0.3, 0.4) is 0 Å². The van der Waals surface area contributed by atoms with Gasteiger partial charge >= 0.3 is 0 Å². The molecule has 0 saturated carbocycles. The van der Waals surface area contributed by atoms with Gasteiger partial charge < -0.3 is 9.73 Å². The standard InChI is InChI=1S/C9H10BrNO2/c1-2-3-9(12)11-5-7-4-8(10)13-6-7/h2-4,6H,5H2,1H3,(H,11,12)/b3-2+. The number of furan rings is 1. The van der Waals surface area contributed by atoms with Gasteiger partial charge in [0.2, 0.25) is 5.91 Å². The summed E-state index contributed by atoms with van der Waals surface area (Å²) in [6, 6.07) is 1.82. The minimum Gasteiger partial charge on any atom is -0.457 e. The third-order valence-corrected chi connectivity index (χ3v) is 1.82. The highest BCUT2D eigenvalue weighted by atomic mass is 79.9. The molecule has 70 valence electrons. The molecule has 0 spiro atoms. The Morgan fingerprint density at radius 3 is 3.08 bits per heavy atom. The number of amides is 1.